The largest absolute Gasteiger partial charge is 0.327 e. The minimum atomic E-state index is -0.874. The molecule has 1 atom stereocenters. The zero-order valence-corrected chi connectivity index (χ0v) is 10.7. The van der Waals surface area contributed by atoms with Gasteiger partial charge in [-0.1, -0.05) is 13.0 Å². The average molecular weight is 261 g/mol. The van der Waals surface area contributed by atoms with Crippen molar-refractivity contribution in [2.45, 2.75) is 6.92 Å². The lowest BCUT2D eigenvalue weighted by Crippen LogP contribution is -2.07. The van der Waals surface area contributed by atoms with Crippen molar-refractivity contribution in [2.75, 3.05) is 6.54 Å². The Kier molecular flexibility index (Phi) is 2.69. The molecule has 0 spiro atoms. The van der Waals surface area contributed by atoms with Crippen LogP contribution in [-0.4, -0.2) is 22.3 Å². The van der Waals surface area contributed by atoms with Crippen molar-refractivity contribution in [3.05, 3.63) is 35.7 Å². The summed E-state index contributed by atoms with van der Waals surface area (Å²) in [6, 6.07) is 2.31. The summed E-state index contributed by atoms with van der Waals surface area (Å²) >= 11 is 0. The molecule has 2 aromatic rings. The lowest BCUT2D eigenvalue weighted by atomic mass is 10.1. The first-order chi connectivity index (χ1) is 9.06. The average Bonchev–Trinajstić information content (AvgIpc) is 2.68. The molecule has 0 saturated heterocycles. The lowest BCUT2D eigenvalue weighted by molar-refractivity contribution is 0.510. The zero-order chi connectivity index (χ0) is 13.6. The van der Waals surface area contributed by atoms with Gasteiger partial charge in [-0.25, -0.2) is 13.8 Å². The highest BCUT2D eigenvalue weighted by molar-refractivity contribution is 5.82. The molecule has 3 nitrogen and oxygen atoms in total. The van der Waals surface area contributed by atoms with E-state index in [1.807, 2.05) is 13.1 Å². The van der Waals surface area contributed by atoms with Crippen LogP contribution in [0.4, 0.5) is 8.78 Å². The van der Waals surface area contributed by atoms with Gasteiger partial charge in [-0.05, 0) is 0 Å². The van der Waals surface area contributed by atoms with Crippen LogP contribution in [0.1, 0.15) is 12.7 Å². The molecule has 1 aliphatic rings. The molecule has 0 amide bonds. The first-order valence-corrected chi connectivity index (χ1v) is 6.08. The first kappa shape index (κ1) is 12.0. The van der Waals surface area contributed by atoms with Crippen LogP contribution in [-0.2, 0) is 7.05 Å². The van der Waals surface area contributed by atoms with Crippen LogP contribution in [0.25, 0.3) is 16.6 Å². The van der Waals surface area contributed by atoms with E-state index in [1.54, 1.807) is 11.6 Å². The molecule has 0 fully saturated rings. The molecule has 0 bridgehead atoms. The van der Waals surface area contributed by atoms with Crippen molar-refractivity contribution in [3.8, 4) is 0 Å². The Morgan fingerprint density at radius 3 is 2.74 bits per heavy atom. The predicted octanol–water partition coefficient (Wildman–Crippen LogP) is 2.96. The molecule has 3 rings (SSSR count). The lowest BCUT2D eigenvalue weighted by Gasteiger charge is -2.11. The maximum Gasteiger partial charge on any atom is 0.161 e. The smallest absolute Gasteiger partial charge is 0.161 e. The van der Waals surface area contributed by atoms with E-state index >= 15 is 0 Å². The van der Waals surface area contributed by atoms with Crippen LogP contribution in [0, 0.1) is 17.6 Å². The SMILES string of the molecule is CC1C=NCC(c2nc3cc(F)c(F)cc3n2C)=C1. The fourth-order valence-corrected chi connectivity index (χ4v) is 2.35. The van der Waals surface area contributed by atoms with E-state index in [0.29, 0.717) is 23.4 Å². The number of halogens is 2. The molecule has 1 aromatic carbocycles. The van der Waals surface area contributed by atoms with Crippen LogP contribution >= 0.6 is 0 Å². The Bertz CT molecular complexity index is 713. The maximum absolute atomic E-state index is 13.3. The van der Waals surface area contributed by atoms with Gasteiger partial charge in [0.15, 0.2) is 11.6 Å². The maximum atomic E-state index is 13.3. The van der Waals surface area contributed by atoms with Crippen molar-refractivity contribution >= 4 is 22.8 Å². The Labute approximate surface area is 109 Å². The van der Waals surface area contributed by atoms with Crippen LogP contribution in [0.5, 0.6) is 0 Å². The van der Waals surface area contributed by atoms with Crippen molar-refractivity contribution in [1.29, 1.82) is 0 Å². The van der Waals surface area contributed by atoms with Crippen LogP contribution in [0.15, 0.2) is 23.2 Å². The molecule has 1 aromatic heterocycles. The van der Waals surface area contributed by atoms with Crippen molar-refractivity contribution < 1.29 is 8.78 Å². The molecule has 1 unspecified atom stereocenters. The molecule has 0 saturated carbocycles. The predicted molar refractivity (Wildman–Crippen MR) is 71.1 cm³/mol. The normalized spacial score (nSPS) is 18.9. The van der Waals surface area contributed by atoms with Crippen LogP contribution in [0.3, 0.4) is 0 Å². The number of aliphatic imine (C=N–C) groups is 1. The van der Waals surface area contributed by atoms with Crippen molar-refractivity contribution in [2.24, 2.45) is 18.0 Å². The topological polar surface area (TPSA) is 30.2 Å². The monoisotopic (exact) mass is 261 g/mol. The van der Waals surface area contributed by atoms with Gasteiger partial charge in [0.05, 0.1) is 17.6 Å². The molecule has 0 aliphatic carbocycles. The van der Waals surface area contributed by atoms with E-state index in [9.17, 15) is 8.78 Å². The van der Waals surface area contributed by atoms with E-state index in [1.165, 1.54) is 6.07 Å². The van der Waals surface area contributed by atoms with E-state index in [4.69, 9.17) is 0 Å². The minimum Gasteiger partial charge on any atom is -0.327 e. The molecule has 19 heavy (non-hydrogen) atoms. The summed E-state index contributed by atoms with van der Waals surface area (Å²) in [7, 11) is 1.80. The van der Waals surface area contributed by atoms with Crippen molar-refractivity contribution in [1.82, 2.24) is 9.55 Å². The summed E-state index contributed by atoms with van der Waals surface area (Å²) in [5.41, 5.74) is 2.02. The summed E-state index contributed by atoms with van der Waals surface area (Å²) in [5.74, 6) is -0.770. The number of aromatic nitrogens is 2. The molecular formula is C14H13F2N3. The van der Waals surface area contributed by atoms with E-state index in [2.05, 4.69) is 16.1 Å². The first-order valence-electron chi connectivity index (χ1n) is 6.08. The number of nitrogens with zero attached hydrogens (tertiary/aromatic N) is 3. The summed E-state index contributed by atoms with van der Waals surface area (Å²) in [4.78, 5) is 8.65. The molecule has 5 heteroatoms. The van der Waals surface area contributed by atoms with Gasteiger partial charge < -0.3 is 4.57 Å². The second-order valence-electron chi connectivity index (χ2n) is 4.79. The van der Waals surface area contributed by atoms with Gasteiger partial charge in [-0.2, -0.15) is 0 Å². The van der Waals surface area contributed by atoms with Gasteiger partial charge in [0, 0.05) is 36.9 Å². The second kappa shape index (κ2) is 4.26. The fraction of sp³-hybridized carbons (Fsp3) is 0.286. The Morgan fingerprint density at radius 1 is 1.26 bits per heavy atom. The fourth-order valence-electron chi connectivity index (χ4n) is 2.35. The third-order valence-corrected chi connectivity index (χ3v) is 3.28. The van der Waals surface area contributed by atoms with Crippen molar-refractivity contribution in [3.63, 3.8) is 0 Å². The second-order valence-corrected chi connectivity index (χ2v) is 4.79. The summed E-state index contributed by atoms with van der Waals surface area (Å²) in [6.45, 7) is 2.58. The number of allylic oxidation sites excluding steroid dienone is 1. The number of hydrogen-bond donors (Lipinski definition) is 0. The van der Waals surface area contributed by atoms with Gasteiger partial charge >= 0.3 is 0 Å². The Hall–Kier alpha value is -2.04. The highest BCUT2D eigenvalue weighted by atomic mass is 19.2. The molecule has 0 radical (unpaired) electrons. The number of dihydropyridines is 1. The number of fused-ring (bicyclic) bond motifs is 1. The Morgan fingerprint density at radius 2 is 2.00 bits per heavy atom. The quantitative estimate of drug-likeness (QED) is 0.776. The van der Waals surface area contributed by atoms with Gasteiger partial charge in [0.25, 0.3) is 0 Å². The standard InChI is InChI=1S/C14H13F2N3/c1-8-3-9(7-17-6-8)14-18-12-4-10(15)11(16)5-13(12)19(14)2/h3-6,8H,7H2,1-2H3. The molecular weight excluding hydrogens is 248 g/mol. The minimum absolute atomic E-state index is 0.247. The van der Waals surface area contributed by atoms with Gasteiger partial charge in [-0.3, -0.25) is 4.99 Å². The number of imidazole rings is 1. The van der Waals surface area contributed by atoms with Gasteiger partial charge in [0.2, 0.25) is 0 Å². The molecule has 98 valence electrons. The Balaban J connectivity index is 2.18. The summed E-state index contributed by atoms with van der Waals surface area (Å²) < 4.78 is 28.3. The van der Waals surface area contributed by atoms with Crippen LogP contribution in [0.2, 0.25) is 0 Å². The van der Waals surface area contributed by atoms with Gasteiger partial charge in [-0.15, -0.1) is 0 Å². The third kappa shape index (κ3) is 1.95. The summed E-state index contributed by atoms with van der Waals surface area (Å²) in [6.07, 6.45) is 3.95. The number of rotatable bonds is 1. The van der Waals surface area contributed by atoms with E-state index < -0.39 is 11.6 Å². The molecule has 2 heterocycles. The van der Waals surface area contributed by atoms with Crippen LogP contribution < -0.4 is 0 Å². The number of benzene rings is 1. The highest BCUT2D eigenvalue weighted by Gasteiger charge is 2.16. The number of hydrogen-bond acceptors (Lipinski definition) is 2. The summed E-state index contributed by atoms with van der Waals surface area (Å²) in [5, 5.41) is 0. The van der Waals surface area contributed by atoms with E-state index in [-0.39, 0.29) is 5.92 Å². The third-order valence-electron chi connectivity index (χ3n) is 3.28. The molecule has 0 N–H and O–H groups in total. The molecule has 1 aliphatic heterocycles. The zero-order valence-electron chi connectivity index (χ0n) is 10.7. The highest BCUT2D eigenvalue weighted by Crippen LogP contribution is 2.25. The van der Waals surface area contributed by atoms with Gasteiger partial charge in [0.1, 0.15) is 5.82 Å². The number of aryl methyl sites for hydroxylation is 1. The van der Waals surface area contributed by atoms with E-state index in [0.717, 1.165) is 11.6 Å².